The van der Waals surface area contributed by atoms with E-state index < -0.39 is 11.9 Å². The van der Waals surface area contributed by atoms with Crippen LogP contribution < -0.4 is 9.64 Å². The third-order valence-corrected chi connectivity index (χ3v) is 2.66. The first-order valence-electron chi connectivity index (χ1n) is 6.87. The lowest BCUT2D eigenvalue weighted by molar-refractivity contribution is -0.138. The van der Waals surface area contributed by atoms with Crippen LogP contribution in [0, 0.1) is 0 Å². The van der Waals surface area contributed by atoms with Crippen molar-refractivity contribution < 1.29 is 19.1 Å². The molecule has 0 spiro atoms. The number of anilines is 1. The van der Waals surface area contributed by atoms with E-state index in [0.29, 0.717) is 12.4 Å². The molecule has 114 valence electrons. The highest BCUT2D eigenvalue weighted by atomic mass is 16.5. The number of esters is 2. The lowest BCUT2D eigenvalue weighted by Crippen LogP contribution is -2.13. The van der Waals surface area contributed by atoms with Crippen molar-refractivity contribution >= 4 is 17.6 Å². The third kappa shape index (κ3) is 6.12. The topological polar surface area (TPSA) is 55.8 Å². The van der Waals surface area contributed by atoms with Crippen LogP contribution in [0.3, 0.4) is 0 Å². The summed E-state index contributed by atoms with van der Waals surface area (Å²) in [7, 11) is 3.71. The number of hydrogen-bond donors (Lipinski definition) is 0. The zero-order chi connectivity index (χ0) is 15.7. The highest BCUT2D eigenvalue weighted by Gasteiger charge is 2.08. The van der Waals surface area contributed by atoms with E-state index >= 15 is 0 Å². The van der Waals surface area contributed by atoms with Crippen LogP contribution >= 0.6 is 0 Å². The first-order chi connectivity index (χ1) is 10.0. The number of carbonyl (C=O) groups is 2. The monoisotopic (exact) mass is 291 g/mol. The molecule has 21 heavy (non-hydrogen) atoms. The van der Waals surface area contributed by atoms with Gasteiger partial charge in [0.2, 0.25) is 0 Å². The molecule has 0 bridgehead atoms. The Bertz CT molecular complexity index is 509. The standard InChI is InChI=1S/C16H21NO4/c1-4-5-12-20-15(18)10-11-16(19)21-14-9-7-6-8-13(14)17(2)3/h6-11H,4-5,12H2,1-3H3/b11-10-. The average Bonchev–Trinajstić information content (AvgIpc) is 2.46. The number of hydrogen-bond acceptors (Lipinski definition) is 5. The first-order valence-corrected chi connectivity index (χ1v) is 6.87. The SMILES string of the molecule is CCCCOC(=O)/C=C\C(=O)Oc1ccccc1N(C)C. The number of rotatable bonds is 7. The van der Waals surface area contributed by atoms with Gasteiger partial charge in [-0.3, -0.25) is 0 Å². The van der Waals surface area contributed by atoms with Crippen molar-refractivity contribution in [3.63, 3.8) is 0 Å². The second kappa shape index (κ2) is 8.79. The second-order valence-electron chi connectivity index (χ2n) is 4.64. The molecule has 1 aromatic carbocycles. The molecule has 0 heterocycles. The van der Waals surface area contributed by atoms with Crippen molar-refractivity contribution in [3.8, 4) is 5.75 Å². The molecule has 0 aliphatic rings. The van der Waals surface area contributed by atoms with E-state index in [-0.39, 0.29) is 0 Å². The lowest BCUT2D eigenvalue weighted by atomic mass is 10.3. The smallest absolute Gasteiger partial charge is 0.336 e. The van der Waals surface area contributed by atoms with Crippen LogP contribution in [0.2, 0.25) is 0 Å². The van der Waals surface area contributed by atoms with Crippen LogP contribution in [0.25, 0.3) is 0 Å². The van der Waals surface area contributed by atoms with Gasteiger partial charge in [0, 0.05) is 26.2 Å². The van der Waals surface area contributed by atoms with Gasteiger partial charge in [-0.25, -0.2) is 9.59 Å². The van der Waals surface area contributed by atoms with Crippen LogP contribution in [-0.4, -0.2) is 32.6 Å². The first kappa shape index (κ1) is 16.8. The van der Waals surface area contributed by atoms with Crippen molar-refractivity contribution in [1.29, 1.82) is 0 Å². The Kier molecular flexibility index (Phi) is 7.01. The zero-order valence-corrected chi connectivity index (χ0v) is 12.7. The van der Waals surface area contributed by atoms with E-state index in [1.807, 2.05) is 38.1 Å². The maximum Gasteiger partial charge on any atom is 0.336 e. The van der Waals surface area contributed by atoms with Crippen LogP contribution in [0.4, 0.5) is 5.69 Å². The van der Waals surface area contributed by atoms with E-state index in [2.05, 4.69) is 0 Å². The molecule has 0 aliphatic carbocycles. The summed E-state index contributed by atoms with van der Waals surface area (Å²) in [4.78, 5) is 24.8. The molecule has 0 fully saturated rings. The van der Waals surface area contributed by atoms with Crippen LogP contribution in [0.1, 0.15) is 19.8 Å². The summed E-state index contributed by atoms with van der Waals surface area (Å²) in [5, 5.41) is 0. The summed E-state index contributed by atoms with van der Waals surface area (Å²) in [6.07, 6.45) is 3.90. The Labute approximate surface area is 125 Å². The van der Waals surface area contributed by atoms with Gasteiger partial charge < -0.3 is 14.4 Å². The van der Waals surface area contributed by atoms with Crippen LogP contribution in [0.15, 0.2) is 36.4 Å². The molecular formula is C16H21NO4. The van der Waals surface area contributed by atoms with Crippen molar-refractivity contribution in [3.05, 3.63) is 36.4 Å². The van der Waals surface area contributed by atoms with Gasteiger partial charge in [-0.05, 0) is 18.6 Å². The van der Waals surface area contributed by atoms with Gasteiger partial charge >= 0.3 is 11.9 Å². The summed E-state index contributed by atoms with van der Waals surface area (Å²) in [6, 6.07) is 7.16. The number of benzene rings is 1. The van der Waals surface area contributed by atoms with Crippen molar-refractivity contribution in [2.45, 2.75) is 19.8 Å². The molecular weight excluding hydrogens is 270 g/mol. The number of para-hydroxylation sites is 2. The summed E-state index contributed by atoms with van der Waals surface area (Å²) in [5.41, 5.74) is 0.782. The number of ether oxygens (including phenoxy) is 2. The number of nitrogens with zero attached hydrogens (tertiary/aromatic N) is 1. The van der Waals surface area contributed by atoms with Gasteiger partial charge in [-0.15, -0.1) is 0 Å². The molecule has 0 aliphatic heterocycles. The molecule has 0 saturated heterocycles. The number of unbranched alkanes of at least 4 members (excludes halogenated alkanes) is 1. The minimum absolute atomic E-state index is 0.359. The molecule has 0 aromatic heterocycles. The Morgan fingerprint density at radius 1 is 1.14 bits per heavy atom. The summed E-state index contributed by atoms with van der Waals surface area (Å²) in [6.45, 7) is 2.36. The summed E-state index contributed by atoms with van der Waals surface area (Å²) in [5.74, 6) is -0.713. The van der Waals surface area contributed by atoms with Gasteiger partial charge in [-0.1, -0.05) is 25.5 Å². The molecule has 1 aromatic rings. The van der Waals surface area contributed by atoms with Crippen LogP contribution in [0.5, 0.6) is 5.75 Å². The fourth-order valence-corrected chi connectivity index (χ4v) is 1.56. The Morgan fingerprint density at radius 2 is 1.81 bits per heavy atom. The average molecular weight is 291 g/mol. The minimum Gasteiger partial charge on any atom is -0.463 e. The van der Waals surface area contributed by atoms with Gasteiger partial charge in [0.15, 0.2) is 5.75 Å². The van der Waals surface area contributed by atoms with E-state index in [0.717, 1.165) is 30.7 Å². The predicted molar refractivity (Wildman–Crippen MR) is 81.4 cm³/mol. The molecule has 0 N–H and O–H groups in total. The van der Waals surface area contributed by atoms with Crippen LogP contribution in [-0.2, 0) is 14.3 Å². The second-order valence-corrected chi connectivity index (χ2v) is 4.64. The highest BCUT2D eigenvalue weighted by Crippen LogP contribution is 2.26. The van der Waals surface area contributed by atoms with Gasteiger partial charge in [0.1, 0.15) is 0 Å². The molecule has 0 saturated carbocycles. The van der Waals surface area contributed by atoms with E-state index in [9.17, 15) is 9.59 Å². The largest absolute Gasteiger partial charge is 0.463 e. The van der Waals surface area contributed by atoms with Gasteiger partial charge in [0.25, 0.3) is 0 Å². The van der Waals surface area contributed by atoms with Gasteiger partial charge in [-0.2, -0.15) is 0 Å². The van der Waals surface area contributed by atoms with E-state index in [4.69, 9.17) is 9.47 Å². The molecule has 0 atom stereocenters. The van der Waals surface area contributed by atoms with Crippen molar-refractivity contribution in [2.75, 3.05) is 25.6 Å². The molecule has 5 heteroatoms. The molecule has 0 radical (unpaired) electrons. The third-order valence-electron chi connectivity index (χ3n) is 2.66. The van der Waals surface area contributed by atoms with E-state index in [1.165, 1.54) is 0 Å². The Morgan fingerprint density at radius 3 is 2.48 bits per heavy atom. The fourth-order valence-electron chi connectivity index (χ4n) is 1.56. The molecule has 1 rings (SSSR count). The maximum atomic E-state index is 11.7. The molecule has 5 nitrogen and oxygen atoms in total. The Balaban J connectivity index is 2.56. The zero-order valence-electron chi connectivity index (χ0n) is 12.7. The normalized spacial score (nSPS) is 10.4. The minimum atomic E-state index is -0.614. The van der Waals surface area contributed by atoms with Gasteiger partial charge in [0.05, 0.1) is 12.3 Å². The van der Waals surface area contributed by atoms with E-state index in [1.54, 1.807) is 12.1 Å². The molecule has 0 amide bonds. The van der Waals surface area contributed by atoms with Crippen molar-refractivity contribution in [1.82, 2.24) is 0 Å². The maximum absolute atomic E-state index is 11.7. The summed E-state index contributed by atoms with van der Waals surface area (Å²) >= 11 is 0. The molecule has 0 unspecified atom stereocenters. The lowest BCUT2D eigenvalue weighted by Gasteiger charge is -2.15. The Hall–Kier alpha value is -2.30. The predicted octanol–water partition coefficient (Wildman–Crippen LogP) is 2.56. The summed E-state index contributed by atoms with van der Waals surface area (Å²) < 4.78 is 10.1. The number of carbonyl (C=O) groups excluding carboxylic acids is 2. The fraction of sp³-hybridized carbons (Fsp3) is 0.375. The highest BCUT2D eigenvalue weighted by molar-refractivity contribution is 5.93. The quantitative estimate of drug-likeness (QED) is 0.334. The van der Waals surface area contributed by atoms with Crippen molar-refractivity contribution in [2.24, 2.45) is 0 Å².